The van der Waals surface area contributed by atoms with E-state index in [2.05, 4.69) is 16.4 Å². The number of hydrogen-bond acceptors (Lipinski definition) is 4. The van der Waals surface area contributed by atoms with Crippen LogP contribution >= 0.6 is 0 Å². The molecule has 2 aliphatic heterocycles. The lowest BCUT2D eigenvalue weighted by molar-refractivity contribution is -0.136. The van der Waals surface area contributed by atoms with Crippen molar-refractivity contribution in [1.82, 2.24) is 15.2 Å². The van der Waals surface area contributed by atoms with Gasteiger partial charge >= 0.3 is 0 Å². The van der Waals surface area contributed by atoms with Crippen molar-refractivity contribution < 1.29 is 9.53 Å². The zero-order valence-electron chi connectivity index (χ0n) is 12.3. The third kappa shape index (κ3) is 3.60. The minimum absolute atomic E-state index is 0.111. The van der Waals surface area contributed by atoms with Gasteiger partial charge in [-0.15, -0.1) is 0 Å². The molecule has 21 heavy (non-hydrogen) atoms. The summed E-state index contributed by atoms with van der Waals surface area (Å²) in [7, 11) is 0. The van der Waals surface area contributed by atoms with Gasteiger partial charge in [0.25, 0.3) is 0 Å². The Balaban J connectivity index is 1.67. The van der Waals surface area contributed by atoms with E-state index in [-0.39, 0.29) is 11.9 Å². The molecule has 2 saturated heterocycles. The van der Waals surface area contributed by atoms with Crippen molar-refractivity contribution in [2.75, 3.05) is 32.8 Å². The zero-order chi connectivity index (χ0) is 14.5. The monoisotopic (exact) mass is 289 g/mol. The zero-order valence-corrected chi connectivity index (χ0v) is 12.3. The highest BCUT2D eigenvalue weighted by Crippen LogP contribution is 2.25. The quantitative estimate of drug-likeness (QED) is 0.913. The van der Waals surface area contributed by atoms with Gasteiger partial charge in [-0.25, -0.2) is 0 Å². The maximum atomic E-state index is 12.7. The van der Waals surface area contributed by atoms with Crippen molar-refractivity contribution in [3.63, 3.8) is 0 Å². The van der Waals surface area contributed by atoms with Crippen LogP contribution in [0.4, 0.5) is 0 Å². The first-order valence-electron chi connectivity index (χ1n) is 7.82. The molecule has 2 aliphatic rings. The van der Waals surface area contributed by atoms with E-state index in [9.17, 15) is 4.79 Å². The Morgan fingerprint density at radius 3 is 3.05 bits per heavy atom. The Bertz CT molecular complexity index is 460. The van der Waals surface area contributed by atoms with Crippen molar-refractivity contribution in [3.05, 3.63) is 30.1 Å². The number of aromatic nitrogens is 1. The number of hydrogen-bond donors (Lipinski definition) is 1. The molecule has 1 atom stereocenters. The summed E-state index contributed by atoms with van der Waals surface area (Å²) >= 11 is 0. The fourth-order valence-electron chi connectivity index (χ4n) is 3.19. The van der Waals surface area contributed by atoms with Crippen LogP contribution in [0, 0.1) is 5.92 Å². The Kier molecular flexibility index (Phi) is 4.83. The fraction of sp³-hybridized carbons (Fsp3) is 0.625. The molecule has 0 bridgehead atoms. The molecule has 0 radical (unpaired) electrons. The first-order chi connectivity index (χ1) is 10.3. The van der Waals surface area contributed by atoms with Gasteiger partial charge in [0.1, 0.15) is 0 Å². The summed E-state index contributed by atoms with van der Waals surface area (Å²) in [6.07, 6.45) is 6.31. The molecule has 1 N–H and O–H groups in total. The molecular formula is C16H23N3O2. The highest BCUT2D eigenvalue weighted by Gasteiger charge is 2.29. The largest absolute Gasteiger partial charge is 0.381 e. The molecule has 1 aromatic heterocycles. The molecule has 1 aromatic rings. The number of nitrogens with zero attached hydrogens (tertiary/aromatic N) is 2. The van der Waals surface area contributed by atoms with Crippen LogP contribution in [0.1, 0.15) is 30.9 Å². The predicted molar refractivity (Wildman–Crippen MR) is 79.7 cm³/mol. The number of carbonyl (C=O) groups is 1. The molecule has 5 nitrogen and oxygen atoms in total. The molecule has 1 unspecified atom stereocenters. The van der Waals surface area contributed by atoms with Crippen molar-refractivity contribution in [2.45, 2.75) is 25.3 Å². The topological polar surface area (TPSA) is 54.5 Å². The molecule has 1 amide bonds. The van der Waals surface area contributed by atoms with Crippen LogP contribution in [-0.4, -0.2) is 48.6 Å². The molecule has 2 fully saturated rings. The SMILES string of the molecule is O=C(CC1CCOCC1)N1CCNCC1c1cccnc1. The van der Waals surface area contributed by atoms with Gasteiger partial charge < -0.3 is 15.0 Å². The van der Waals surface area contributed by atoms with Crippen LogP contribution in [0.5, 0.6) is 0 Å². The summed E-state index contributed by atoms with van der Waals surface area (Å²) in [5.41, 5.74) is 1.12. The number of ether oxygens (including phenoxy) is 1. The van der Waals surface area contributed by atoms with Crippen LogP contribution in [0.15, 0.2) is 24.5 Å². The lowest BCUT2D eigenvalue weighted by Gasteiger charge is -2.37. The summed E-state index contributed by atoms with van der Waals surface area (Å²) in [4.78, 5) is 18.9. The first-order valence-corrected chi connectivity index (χ1v) is 7.82. The van der Waals surface area contributed by atoms with Crippen LogP contribution in [-0.2, 0) is 9.53 Å². The number of carbonyl (C=O) groups excluding carboxylic acids is 1. The van der Waals surface area contributed by atoms with Gasteiger partial charge in [-0.2, -0.15) is 0 Å². The third-order valence-electron chi connectivity index (χ3n) is 4.44. The van der Waals surface area contributed by atoms with E-state index in [0.29, 0.717) is 12.3 Å². The molecule has 3 rings (SSSR count). The lowest BCUT2D eigenvalue weighted by Crippen LogP contribution is -2.49. The maximum absolute atomic E-state index is 12.7. The van der Waals surface area contributed by atoms with Gasteiger partial charge in [0.05, 0.1) is 6.04 Å². The molecule has 0 saturated carbocycles. The highest BCUT2D eigenvalue weighted by molar-refractivity contribution is 5.77. The van der Waals surface area contributed by atoms with Gasteiger partial charge in [0.15, 0.2) is 0 Å². The van der Waals surface area contributed by atoms with E-state index in [4.69, 9.17) is 4.74 Å². The molecule has 0 aliphatic carbocycles. The van der Waals surface area contributed by atoms with Gasteiger partial charge in [0.2, 0.25) is 5.91 Å². The first kappa shape index (κ1) is 14.5. The molecule has 5 heteroatoms. The van der Waals surface area contributed by atoms with Crippen molar-refractivity contribution in [2.24, 2.45) is 5.92 Å². The standard InChI is InChI=1S/C16H23N3O2/c20-16(10-13-3-8-21-9-4-13)19-7-6-18-12-15(19)14-2-1-5-17-11-14/h1-2,5,11,13,15,18H,3-4,6-10,12H2. The van der Waals surface area contributed by atoms with Crippen molar-refractivity contribution in [1.29, 1.82) is 0 Å². The third-order valence-corrected chi connectivity index (χ3v) is 4.44. The van der Waals surface area contributed by atoms with E-state index in [0.717, 1.165) is 51.3 Å². The average Bonchev–Trinajstić information content (AvgIpc) is 2.56. The molecular weight excluding hydrogens is 266 g/mol. The summed E-state index contributed by atoms with van der Waals surface area (Å²) in [5, 5.41) is 3.38. The number of rotatable bonds is 3. The van der Waals surface area contributed by atoms with E-state index in [1.54, 1.807) is 6.20 Å². The maximum Gasteiger partial charge on any atom is 0.223 e. The van der Waals surface area contributed by atoms with Crippen LogP contribution in [0.2, 0.25) is 0 Å². The van der Waals surface area contributed by atoms with Crippen LogP contribution < -0.4 is 5.32 Å². The number of pyridine rings is 1. The Hall–Kier alpha value is -1.46. The highest BCUT2D eigenvalue weighted by atomic mass is 16.5. The number of amides is 1. The van der Waals surface area contributed by atoms with Crippen molar-refractivity contribution >= 4 is 5.91 Å². The summed E-state index contributed by atoms with van der Waals surface area (Å²) in [5.74, 6) is 0.757. The summed E-state index contributed by atoms with van der Waals surface area (Å²) in [6.45, 7) is 4.06. The molecule has 0 aromatic carbocycles. The van der Waals surface area contributed by atoms with Gasteiger partial charge in [-0.05, 0) is 30.4 Å². The fourth-order valence-corrected chi connectivity index (χ4v) is 3.19. The second-order valence-electron chi connectivity index (χ2n) is 5.85. The van der Waals surface area contributed by atoms with Gasteiger partial charge in [-0.3, -0.25) is 9.78 Å². The normalized spacial score (nSPS) is 24.0. The Morgan fingerprint density at radius 1 is 1.43 bits per heavy atom. The van der Waals surface area contributed by atoms with Crippen LogP contribution in [0.25, 0.3) is 0 Å². The second kappa shape index (κ2) is 7.00. The number of piperazine rings is 1. The van der Waals surface area contributed by atoms with E-state index >= 15 is 0 Å². The second-order valence-corrected chi connectivity index (χ2v) is 5.85. The summed E-state index contributed by atoms with van der Waals surface area (Å²) < 4.78 is 5.37. The van der Waals surface area contributed by atoms with Crippen LogP contribution in [0.3, 0.4) is 0 Å². The molecule has 114 valence electrons. The Morgan fingerprint density at radius 2 is 2.29 bits per heavy atom. The van der Waals surface area contributed by atoms with E-state index in [1.165, 1.54) is 0 Å². The van der Waals surface area contributed by atoms with Gasteiger partial charge in [0, 0.05) is 51.7 Å². The summed E-state index contributed by atoms with van der Waals surface area (Å²) in [6, 6.07) is 4.10. The average molecular weight is 289 g/mol. The lowest BCUT2D eigenvalue weighted by atomic mass is 9.95. The minimum Gasteiger partial charge on any atom is -0.381 e. The van der Waals surface area contributed by atoms with E-state index in [1.807, 2.05) is 17.2 Å². The van der Waals surface area contributed by atoms with Gasteiger partial charge in [-0.1, -0.05) is 6.07 Å². The number of nitrogens with one attached hydrogen (secondary N) is 1. The smallest absolute Gasteiger partial charge is 0.223 e. The molecule has 3 heterocycles. The van der Waals surface area contributed by atoms with Crippen molar-refractivity contribution in [3.8, 4) is 0 Å². The minimum atomic E-state index is 0.111. The Labute approximate surface area is 125 Å². The van der Waals surface area contributed by atoms with E-state index < -0.39 is 0 Å². The predicted octanol–water partition coefficient (Wildman–Crippen LogP) is 1.37. The molecule has 0 spiro atoms.